The largest absolute Gasteiger partial charge is 0.399 e. The maximum absolute atomic E-state index is 12.6. The van der Waals surface area contributed by atoms with E-state index >= 15 is 0 Å². The highest BCUT2D eigenvalue weighted by Crippen LogP contribution is 2.57. The van der Waals surface area contributed by atoms with Crippen LogP contribution in [0.25, 0.3) is 0 Å². The first-order valence-corrected chi connectivity index (χ1v) is 5.09. The van der Waals surface area contributed by atoms with Gasteiger partial charge >= 0.3 is 6.18 Å². The minimum atomic E-state index is -4.51. The van der Waals surface area contributed by atoms with Gasteiger partial charge < -0.3 is 0 Å². The van der Waals surface area contributed by atoms with Crippen molar-refractivity contribution in [1.29, 1.82) is 0 Å². The van der Waals surface area contributed by atoms with E-state index in [9.17, 15) is 23.3 Å². The summed E-state index contributed by atoms with van der Waals surface area (Å²) in [4.78, 5) is 9.74. The van der Waals surface area contributed by atoms with E-state index in [0.29, 0.717) is 5.56 Å². The highest BCUT2D eigenvalue weighted by atomic mass is 19.4. The minimum Gasteiger partial charge on any atom is -0.264 e. The maximum atomic E-state index is 12.6. The van der Waals surface area contributed by atoms with E-state index in [2.05, 4.69) is 0 Å². The molecule has 2 rings (SSSR count). The van der Waals surface area contributed by atoms with Gasteiger partial charge in [0.05, 0.1) is 5.92 Å². The van der Waals surface area contributed by atoms with E-state index in [1.807, 2.05) is 6.92 Å². The van der Waals surface area contributed by atoms with Crippen LogP contribution in [0, 0.1) is 23.0 Å². The summed E-state index contributed by atoms with van der Waals surface area (Å²) in [5.74, 6) is -2.88. The number of aryl methyl sites for hydroxylation is 1. The summed E-state index contributed by atoms with van der Waals surface area (Å²) >= 11 is 0. The summed E-state index contributed by atoms with van der Waals surface area (Å²) in [5.41, 5.74) is 1.30. The standard InChI is InChI=1S/C11H10F3NO2/c1-6-2-4-7(5-3-6)8-9(11(12,13)14)10(8)15(16)17/h2-5,8-10H,1H3/t8-,9+,10+/m1/s1. The summed E-state index contributed by atoms with van der Waals surface area (Å²) in [6, 6.07) is 4.86. The van der Waals surface area contributed by atoms with Gasteiger partial charge in [-0.2, -0.15) is 13.2 Å². The van der Waals surface area contributed by atoms with E-state index < -0.39 is 29.0 Å². The lowest BCUT2D eigenvalue weighted by molar-refractivity contribution is -0.503. The first kappa shape index (κ1) is 11.9. The molecule has 1 aliphatic carbocycles. The highest BCUT2D eigenvalue weighted by Gasteiger charge is 2.72. The van der Waals surface area contributed by atoms with Crippen LogP contribution in [-0.2, 0) is 0 Å². The Balaban J connectivity index is 2.27. The van der Waals surface area contributed by atoms with Crippen molar-refractivity contribution in [3.63, 3.8) is 0 Å². The molecule has 0 aliphatic heterocycles. The average molecular weight is 245 g/mol. The Labute approximate surface area is 95.4 Å². The lowest BCUT2D eigenvalue weighted by atomic mass is 10.1. The average Bonchev–Trinajstić information content (AvgIpc) is 2.93. The van der Waals surface area contributed by atoms with Gasteiger partial charge in [0, 0.05) is 4.92 Å². The smallest absolute Gasteiger partial charge is 0.264 e. The predicted molar refractivity (Wildman–Crippen MR) is 54.2 cm³/mol. The number of benzene rings is 1. The number of halogens is 3. The molecule has 0 radical (unpaired) electrons. The Kier molecular flexibility index (Phi) is 2.60. The number of rotatable bonds is 2. The highest BCUT2D eigenvalue weighted by molar-refractivity contribution is 5.32. The fraction of sp³-hybridized carbons (Fsp3) is 0.455. The van der Waals surface area contributed by atoms with E-state index in [1.54, 1.807) is 12.1 Å². The second-order valence-corrected chi connectivity index (χ2v) is 4.28. The molecule has 0 spiro atoms. The molecule has 3 atom stereocenters. The molecule has 0 aromatic heterocycles. The summed E-state index contributed by atoms with van der Waals surface area (Å²) in [5, 5.41) is 10.6. The lowest BCUT2D eigenvalue weighted by Crippen LogP contribution is -2.17. The number of alkyl halides is 3. The van der Waals surface area contributed by atoms with Crippen molar-refractivity contribution in [2.45, 2.75) is 25.1 Å². The third-order valence-electron chi connectivity index (χ3n) is 3.07. The second kappa shape index (κ2) is 3.72. The molecule has 0 saturated heterocycles. The number of hydrogen-bond acceptors (Lipinski definition) is 2. The quantitative estimate of drug-likeness (QED) is 0.594. The van der Waals surface area contributed by atoms with Crippen LogP contribution in [0.2, 0.25) is 0 Å². The Morgan fingerprint density at radius 3 is 2.12 bits per heavy atom. The molecular formula is C11H10F3NO2. The monoisotopic (exact) mass is 245 g/mol. The normalized spacial score (nSPS) is 27.9. The molecule has 1 aromatic carbocycles. The second-order valence-electron chi connectivity index (χ2n) is 4.28. The number of hydrogen-bond donors (Lipinski definition) is 0. The topological polar surface area (TPSA) is 43.1 Å². The Bertz CT molecular complexity index is 441. The van der Waals surface area contributed by atoms with Crippen LogP contribution in [0.15, 0.2) is 24.3 Å². The molecule has 0 unspecified atom stereocenters. The van der Waals surface area contributed by atoms with Gasteiger partial charge in [-0.3, -0.25) is 10.1 Å². The van der Waals surface area contributed by atoms with Crippen LogP contribution in [0.5, 0.6) is 0 Å². The third kappa shape index (κ3) is 2.11. The SMILES string of the molecule is Cc1ccc([C@H]2[C@H]([N+](=O)[O-])[C@H]2C(F)(F)F)cc1. The molecule has 1 aromatic rings. The summed E-state index contributed by atoms with van der Waals surface area (Å²) < 4.78 is 37.7. The zero-order valence-corrected chi connectivity index (χ0v) is 8.94. The molecule has 1 saturated carbocycles. The first-order valence-electron chi connectivity index (χ1n) is 5.09. The Hall–Kier alpha value is -1.59. The molecule has 1 aliphatic rings. The van der Waals surface area contributed by atoms with Crippen molar-refractivity contribution in [2.75, 3.05) is 0 Å². The van der Waals surface area contributed by atoms with Gasteiger partial charge in [-0.25, -0.2) is 0 Å². The molecule has 0 N–H and O–H groups in total. The summed E-state index contributed by atoms with van der Waals surface area (Å²) in [6.07, 6.45) is -4.51. The molecular weight excluding hydrogens is 235 g/mol. The van der Waals surface area contributed by atoms with Crippen LogP contribution in [0.3, 0.4) is 0 Å². The van der Waals surface area contributed by atoms with Crippen molar-refractivity contribution in [3.05, 3.63) is 45.5 Å². The van der Waals surface area contributed by atoms with E-state index in [0.717, 1.165) is 5.56 Å². The minimum absolute atomic E-state index is 0.389. The lowest BCUT2D eigenvalue weighted by Gasteiger charge is -2.03. The van der Waals surface area contributed by atoms with E-state index in [1.165, 1.54) is 12.1 Å². The maximum Gasteiger partial charge on any atom is 0.399 e. The fourth-order valence-corrected chi connectivity index (χ4v) is 2.15. The Morgan fingerprint density at radius 1 is 1.24 bits per heavy atom. The summed E-state index contributed by atoms with van der Waals surface area (Å²) in [6.45, 7) is 1.81. The molecule has 0 heterocycles. The van der Waals surface area contributed by atoms with Crippen LogP contribution in [-0.4, -0.2) is 17.1 Å². The van der Waals surface area contributed by atoms with Crippen LogP contribution in [0.4, 0.5) is 13.2 Å². The predicted octanol–water partition coefficient (Wildman–Crippen LogP) is 2.92. The van der Waals surface area contributed by atoms with E-state index in [4.69, 9.17) is 0 Å². The van der Waals surface area contributed by atoms with Crippen molar-refractivity contribution in [3.8, 4) is 0 Å². The van der Waals surface area contributed by atoms with Gasteiger partial charge in [-0.05, 0) is 12.5 Å². The van der Waals surface area contributed by atoms with Crippen LogP contribution >= 0.6 is 0 Å². The zero-order valence-electron chi connectivity index (χ0n) is 8.94. The van der Waals surface area contributed by atoms with Gasteiger partial charge in [0.15, 0.2) is 0 Å². The molecule has 0 bridgehead atoms. The van der Waals surface area contributed by atoms with Gasteiger partial charge in [-0.15, -0.1) is 0 Å². The molecule has 6 heteroatoms. The van der Waals surface area contributed by atoms with Crippen molar-refractivity contribution in [1.82, 2.24) is 0 Å². The third-order valence-corrected chi connectivity index (χ3v) is 3.07. The number of nitrogens with zero attached hydrogens (tertiary/aromatic N) is 1. The molecule has 0 amide bonds. The molecule has 3 nitrogen and oxygen atoms in total. The first-order chi connectivity index (χ1) is 7.82. The van der Waals surface area contributed by atoms with E-state index in [-0.39, 0.29) is 0 Å². The van der Waals surface area contributed by atoms with Crippen molar-refractivity contribution < 1.29 is 18.1 Å². The molecule has 92 valence electrons. The Morgan fingerprint density at radius 2 is 1.76 bits per heavy atom. The molecule has 17 heavy (non-hydrogen) atoms. The van der Waals surface area contributed by atoms with Crippen molar-refractivity contribution >= 4 is 0 Å². The van der Waals surface area contributed by atoms with Crippen molar-refractivity contribution in [2.24, 2.45) is 5.92 Å². The summed E-state index contributed by atoms with van der Waals surface area (Å²) in [7, 11) is 0. The van der Waals surface area contributed by atoms with Gasteiger partial charge in [0.25, 0.3) is 0 Å². The van der Waals surface area contributed by atoms with Crippen LogP contribution in [0.1, 0.15) is 17.0 Å². The number of nitro groups is 1. The fourth-order valence-electron chi connectivity index (χ4n) is 2.15. The zero-order chi connectivity index (χ0) is 12.8. The van der Waals surface area contributed by atoms with Gasteiger partial charge in [0.2, 0.25) is 6.04 Å². The van der Waals surface area contributed by atoms with Gasteiger partial charge in [0.1, 0.15) is 5.92 Å². The van der Waals surface area contributed by atoms with Gasteiger partial charge in [-0.1, -0.05) is 29.8 Å². The van der Waals surface area contributed by atoms with Crippen LogP contribution < -0.4 is 0 Å². The molecule has 1 fully saturated rings.